The van der Waals surface area contributed by atoms with Gasteiger partial charge in [0.2, 0.25) is 11.7 Å². The SMILES string of the molecule is COc1ccccc1CNC(=O)Cn1nnc(-c2ccsc2)n1. The Kier molecular flexibility index (Phi) is 4.62. The number of carbonyl (C=O) groups excluding carboxylic acids is 1. The minimum Gasteiger partial charge on any atom is -0.496 e. The summed E-state index contributed by atoms with van der Waals surface area (Å²) < 4.78 is 5.25. The molecule has 2 aromatic heterocycles. The Balaban J connectivity index is 1.57. The first kappa shape index (κ1) is 15.2. The third-order valence-electron chi connectivity index (χ3n) is 3.19. The molecule has 3 aromatic rings. The summed E-state index contributed by atoms with van der Waals surface area (Å²) in [5.74, 6) is 1.07. The molecule has 118 valence electrons. The Bertz CT molecular complexity index is 785. The number of ether oxygens (including phenoxy) is 1. The molecule has 2 heterocycles. The van der Waals surface area contributed by atoms with Crippen molar-refractivity contribution in [1.82, 2.24) is 25.5 Å². The lowest BCUT2D eigenvalue weighted by Gasteiger charge is -2.09. The normalized spacial score (nSPS) is 10.5. The topological polar surface area (TPSA) is 81.9 Å². The average Bonchev–Trinajstić information content (AvgIpc) is 3.24. The molecule has 1 amide bonds. The number of carbonyl (C=O) groups is 1. The van der Waals surface area contributed by atoms with Gasteiger partial charge in [0.15, 0.2) is 0 Å². The number of tetrazole rings is 1. The van der Waals surface area contributed by atoms with E-state index in [1.54, 1.807) is 18.4 Å². The number of nitrogens with one attached hydrogen (secondary N) is 1. The highest BCUT2D eigenvalue weighted by Crippen LogP contribution is 2.17. The number of benzene rings is 1. The van der Waals surface area contributed by atoms with Crippen LogP contribution in [0.15, 0.2) is 41.1 Å². The van der Waals surface area contributed by atoms with Crippen LogP contribution in [-0.2, 0) is 17.9 Å². The van der Waals surface area contributed by atoms with Gasteiger partial charge in [-0.1, -0.05) is 18.2 Å². The van der Waals surface area contributed by atoms with Crippen molar-refractivity contribution in [1.29, 1.82) is 0 Å². The monoisotopic (exact) mass is 329 g/mol. The number of aromatic nitrogens is 4. The molecule has 1 N–H and O–H groups in total. The van der Waals surface area contributed by atoms with Crippen LogP contribution >= 0.6 is 11.3 Å². The fourth-order valence-corrected chi connectivity index (χ4v) is 2.68. The largest absolute Gasteiger partial charge is 0.496 e. The van der Waals surface area contributed by atoms with Gasteiger partial charge in [-0.3, -0.25) is 4.79 Å². The molecule has 0 aliphatic heterocycles. The molecular weight excluding hydrogens is 314 g/mol. The van der Waals surface area contributed by atoms with Gasteiger partial charge in [-0.25, -0.2) is 0 Å². The zero-order valence-electron chi connectivity index (χ0n) is 12.5. The van der Waals surface area contributed by atoms with Gasteiger partial charge in [0.1, 0.15) is 12.3 Å². The predicted molar refractivity (Wildman–Crippen MR) is 86.0 cm³/mol. The molecule has 23 heavy (non-hydrogen) atoms. The number of para-hydroxylation sites is 1. The number of nitrogens with zero attached hydrogens (tertiary/aromatic N) is 4. The summed E-state index contributed by atoms with van der Waals surface area (Å²) in [4.78, 5) is 13.3. The molecular formula is C15H15N5O2S. The number of thiophene rings is 1. The molecule has 0 aliphatic carbocycles. The van der Waals surface area contributed by atoms with Crippen molar-refractivity contribution in [3.8, 4) is 17.1 Å². The maximum atomic E-state index is 12.0. The molecule has 7 nitrogen and oxygen atoms in total. The van der Waals surface area contributed by atoms with Gasteiger partial charge < -0.3 is 10.1 Å². The van der Waals surface area contributed by atoms with Crippen LogP contribution in [0.1, 0.15) is 5.56 Å². The van der Waals surface area contributed by atoms with E-state index in [9.17, 15) is 4.79 Å². The first-order chi connectivity index (χ1) is 11.3. The second kappa shape index (κ2) is 7.01. The van der Waals surface area contributed by atoms with Gasteiger partial charge in [-0.05, 0) is 22.7 Å². The summed E-state index contributed by atoms with van der Waals surface area (Å²) in [7, 11) is 1.60. The number of hydrogen-bond acceptors (Lipinski definition) is 6. The lowest BCUT2D eigenvalue weighted by Crippen LogP contribution is -2.28. The summed E-state index contributed by atoms with van der Waals surface area (Å²) in [6.45, 7) is 0.404. The van der Waals surface area contributed by atoms with Gasteiger partial charge in [-0.2, -0.15) is 16.1 Å². The molecule has 0 spiro atoms. The third kappa shape index (κ3) is 3.72. The van der Waals surface area contributed by atoms with E-state index in [-0.39, 0.29) is 12.5 Å². The summed E-state index contributed by atoms with van der Waals surface area (Å²) in [5.41, 5.74) is 1.81. The van der Waals surface area contributed by atoms with Crippen LogP contribution in [0.25, 0.3) is 11.4 Å². The molecule has 1 aromatic carbocycles. The van der Waals surface area contributed by atoms with Crippen molar-refractivity contribution in [3.05, 3.63) is 46.7 Å². The van der Waals surface area contributed by atoms with E-state index in [0.717, 1.165) is 16.9 Å². The summed E-state index contributed by atoms with van der Waals surface area (Å²) in [5, 5.41) is 18.7. The van der Waals surface area contributed by atoms with Crippen LogP contribution in [0, 0.1) is 0 Å². The van der Waals surface area contributed by atoms with Gasteiger partial charge in [0, 0.05) is 23.1 Å². The first-order valence-electron chi connectivity index (χ1n) is 6.95. The molecule has 0 aliphatic rings. The van der Waals surface area contributed by atoms with Crippen LogP contribution in [-0.4, -0.2) is 33.2 Å². The Morgan fingerprint density at radius 1 is 1.35 bits per heavy atom. The van der Waals surface area contributed by atoms with Crippen molar-refractivity contribution < 1.29 is 9.53 Å². The predicted octanol–water partition coefficient (Wildman–Crippen LogP) is 1.73. The second-order valence-corrected chi connectivity index (χ2v) is 5.52. The standard InChI is InChI=1S/C15H15N5O2S/c1-22-13-5-3-2-4-11(13)8-16-14(21)9-20-18-15(17-19-20)12-6-7-23-10-12/h2-7,10H,8-9H2,1H3,(H,16,21). The lowest BCUT2D eigenvalue weighted by molar-refractivity contribution is -0.122. The quantitative estimate of drug-likeness (QED) is 0.745. The van der Waals surface area contributed by atoms with Gasteiger partial charge in [0.25, 0.3) is 0 Å². The molecule has 0 fully saturated rings. The van der Waals surface area contributed by atoms with Crippen molar-refractivity contribution >= 4 is 17.2 Å². The Labute approximate surface area is 136 Å². The van der Waals surface area contributed by atoms with Crippen molar-refractivity contribution in [3.63, 3.8) is 0 Å². The van der Waals surface area contributed by atoms with Crippen LogP contribution in [0.2, 0.25) is 0 Å². The molecule has 3 rings (SSSR count). The second-order valence-electron chi connectivity index (χ2n) is 4.74. The molecule has 0 radical (unpaired) electrons. The Morgan fingerprint density at radius 2 is 2.22 bits per heavy atom. The summed E-state index contributed by atoms with van der Waals surface area (Å²) in [6.07, 6.45) is 0. The number of amides is 1. The molecule has 0 bridgehead atoms. The maximum Gasteiger partial charge on any atom is 0.243 e. The van der Waals surface area contributed by atoms with E-state index in [1.807, 2.05) is 41.1 Å². The molecule has 0 saturated heterocycles. The van der Waals surface area contributed by atoms with E-state index in [0.29, 0.717) is 12.4 Å². The van der Waals surface area contributed by atoms with Gasteiger partial charge in [-0.15, -0.1) is 10.2 Å². The fraction of sp³-hybridized carbons (Fsp3) is 0.200. The van der Waals surface area contributed by atoms with E-state index >= 15 is 0 Å². The molecule has 0 unspecified atom stereocenters. The Morgan fingerprint density at radius 3 is 3.00 bits per heavy atom. The van der Waals surface area contributed by atoms with E-state index in [4.69, 9.17) is 4.74 Å². The fourth-order valence-electron chi connectivity index (χ4n) is 2.04. The summed E-state index contributed by atoms with van der Waals surface area (Å²) in [6, 6.07) is 9.45. The minimum absolute atomic E-state index is 0.0201. The van der Waals surface area contributed by atoms with E-state index < -0.39 is 0 Å². The zero-order chi connectivity index (χ0) is 16.1. The number of methoxy groups -OCH3 is 1. The van der Waals surface area contributed by atoms with Crippen molar-refractivity contribution in [2.45, 2.75) is 13.1 Å². The van der Waals surface area contributed by atoms with Crippen LogP contribution in [0.5, 0.6) is 5.75 Å². The van der Waals surface area contributed by atoms with Crippen LogP contribution in [0.4, 0.5) is 0 Å². The third-order valence-corrected chi connectivity index (χ3v) is 3.87. The maximum absolute atomic E-state index is 12.0. The highest BCUT2D eigenvalue weighted by Gasteiger charge is 2.10. The molecule has 8 heteroatoms. The summed E-state index contributed by atoms with van der Waals surface area (Å²) >= 11 is 1.56. The van der Waals surface area contributed by atoms with Gasteiger partial charge >= 0.3 is 0 Å². The van der Waals surface area contributed by atoms with Crippen molar-refractivity contribution in [2.75, 3.05) is 7.11 Å². The minimum atomic E-state index is -0.190. The highest BCUT2D eigenvalue weighted by molar-refractivity contribution is 7.08. The van der Waals surface area contributed by atoms with Crippen molar-refractivity contribution in [2.24, 2.45) is 0 Å². The van der Waals surface area contributed by atoms with E-state index in [1.165, 1.54) is 4.80 Å². The van der Waals surface area contributed by atoms with Crippen LogP contribution in [0.3, 0.4) is 0 Å². The number of rotatable bonds is 6. The molecule has 0 saturated carbocycles. The highest BCUT2D eigenvalue weighted by atomic mass is 32.1. The van der Waals surface area contributed by atoms with Crippen LogP contribution < -0.4 is 10.1 Å². The number of hydrogen-bond donors (Lipinski definition) is 1. The zero-order valence-corrected chi connectivity index (χ0v) is 13.3. The smallest absolute Gasteiger partial charge is 0.243 e. The first-order valence-corrected chi connectivity index (χ1v) is 7.89. The lowest BCUT2D eigenvalue weighted by atomic mass is 10.2. The molecule has 0 atom stereocenters. The average molecular weight is 329 g/mol. The van der Waals surface area contributed by atoms with E-state index in [2.05, 4.69) is 20.7 Å². The Hall–Kier alpha value is -2.74. The van der Waals surface area contributed by atoms with Gasteiger partial charge in [0.05, 0.1) is 7.11 Å².